The van der Waals surface area contributed by atoms with E-state index < -0.39 is 0 Å². The summed E-state index contributed by atoms with van der Waals surface area (Å²) in [5.41, 5.74) is 2.39. The van der Waals surface area contributed by atoms with Gasteiger partial charge >= 0.3 is 0 Å². The first-order chi connectivity index (χ1) is 6.25. The van der Waals surface area contributed by atoms with Crippen molar-refractivity contribution in [1.29, 1.82) is 0 Å². The molecule has 1 aromatic rings. The largest absolute Gasteiger partial charge is 0.377 e. The van der Waals surface area contributed by atoms with Crippen LogP contribution in [0.3, 0.4) is 0 Å². The summed E-state index contributed by atoms with van der Waals surface area (Å²) in [6, 6.07) is 10.3. The number of hydrogen-bond donors (Lipinski definition) is 0. The second-order valence-corrected chi connectivity index (χ2v) is 3.05. The van der Waals surface area contributed by atoms with Gasteiger partial charge in [0.15, 0.2) is 0 Å². The van der Waals surface area contributed by atoms with Gasteiger partial charge in [-0.3, -0.25) is 0 Å². The Hall–Kier alpha value is -1.50. The topological polar surface area (TPSA) is 3.24 Å². The first-order valence-electron chi connectivity index (χ1n) is 4.31. The van der Waals surface area contributed by atoms with Gasteiger partial charge in [0.25, 0.3) is 0 Å². The zero-order valence-corrected chi connectivity index (χ0v) is 8.20. The highest BCUT2D eigenvalue weighted by Crippen LogP contribution is 2.15. The van der Waals surface area contributed by atoms with Crippen molar-refractivity contribution in [3.8, 4) is 0 Å². The van der Waals surface area contributed by atoms with Crippen LogP contribution < -0.4 is 0 Å². The molecule has 1 rings (SSSR count). The molecule has 68 valence electrons. The smallest absolute Gasteiger partial charge is 0.0434 e. The zero-order chi connectivity index (χ0) is 9.68. The van der Waals surface area contributed by atoms with E-state index in [1.54, 1.807) is 0 Å². The Labute approximate surface area is 80.0 Å². The summed E-state index contributed by atoms with van der Waals surface area (Å²) >= 11 is 0. The minimum atomic E-state index is 1.18. The molecule has 1 heteroatoms. The van der Waals surface area contributed by atoms with E-state index in [1.807, 2.05) is 44.4 Å². The monoisotopic (exact) mass is 173 g/mol. The fraction of sp³-hybridized carbons (Fsp3) is 0.167. The summed E-state index contributed by atoms with van der Waals surface area (Å²) in [5.74, 6) is 0. The van der Waals surface area contributed by atoms with E-state index in [9.17, 15) is 0 Å². The highest BCUT2D eigenvalue weighted by atomic mass is 15.1. The summed E-state index contributed by atoms with van der Waals surface area (Å²) < 4.78 is 0. The average Bonchev–Trinajstić information content (AvgIpc) is 2.15. The van der Waals surface area contributed by atoms with Gasteiger partial charge in [-0.15, -0.1) is 0 Å². The van der Waals surface area contributed by atoms with Gasteiger partial charge in [-0.2, -0.15) is 0 Å². The third-order valence-corrected chi connectivity index (χ3v) is 1.83. The van der Waals surface area contributed by atoms with E-state index in [0.717, 1.165) is 0 Å². The van der Waals surface area contributed by atoms with Gasteiger partial charge < -0.3 is 4.90 Å². The predicted octanol–water partition coefficient (Wildman–Crippen LogP) is 2.78. The molecule has 0 N–H and O–H groups in total. The molecule has 0 amide bonds. The molecule has 0 fully saturated rings. The molecule has 0 radical (unpaired) electrons. The van der Waals surface area contributed by atoms with Crippen LogP contribution in [-0.4, -0.2) is 19.0 Å². The van der Waals surface area contributed by atoms with Crippen molar-refractivity contribution in [2.75, 3.05) is 14.1 Å². The van der Waals surface area contributed by atoms with Crippen LogP contribution in [0.25, 0.3) is 5.70 Å². The van der Waals surface area contributed by atoms with Crippen LogP contribution in [0.1, 0.15) is 5.56 Å². The number of rotatable bonds is 3. The van der Waals surface area contributed by atoms with Crippen LogP contribution >= 0.6 is 0 Å². The van der Waals surface area contributed by atoms with E-state index in [-0.39, 0.29) is 0 Å². The molecule has 0 saturated heterocycles. The Morgan fingerprint density at radius 1 is 1.23 bits per heavy atom. The van der Waals surface area contributed by atoms with Crippen LogP contribution in [0.5, 0.6) is 0 Å². The fourth-order valence-corrected chi connectivity index (χ4v) is 1.22. The molecule has 13 heavy (non-hydrogen) atoms. The minimum Gasteiger partial charge on any atom is -0.377 e. The average molecular weight is 173 g/mol. The van der Waals surface area contributed by atoms with Crippen molar-refractivity contribution in [3.63, 3.8) is 0 Å². The fourth-order valence-electron chi connectivity index (χ4n) is 1.22. The molecule has 0 heterocycles. The van der Waals surface area contributed by atoms with Crippen molar-refractivity contribution in [1.82, 2.24) is 4.90 Å². The molecule has 0 aliphatic heterocycles. The van der Waals surface area contributed by atoms with Gasteiger partial charge in [-0.05, 0) is 11.6 Å². The predicted molar refractivity (Wildman–Crippen MR) is 58.3 cm³/mol. The van der Waals surface area contributed by atoms with E-state index in [4.69, 9.17) is 0 Å². The highest BCUT2D eigenvalue weighted by molar-refractivity contribution is 5.64. The number of nitrogens with zero attached hydrogens (tertiary/aromatic N) is 1. The first kappa shape index (κ1) is 9.59. The van der Waals surface area contributed by atoms with E-state index in [0.29, 0.717) is 0 Å². The maximum absolute atomic E-state index is 3.71. The second-order valence-electron chi connectivity index (χ2n) is 3.05. The molecule has 0 aliphatic rings. The van der Waals surface area contributed by atoms with Gasteiger partial charge in [-0.1, -0.05) is 43.0 Å². The van der Waals surface area contributed by atoms with E-state index in [1.165, 1.54) is 11.3 Å². The lowest BCUT2D eigenvalue weighted by molar-refractivity contribution is 0.592. The first-order valence-corrected chi connectivity index (χ1v) is 4.31. The van der Waals surface area contributed by atoms with Crippen molar-refractivity contribution < 1.29 is 0 Å². The summed E-state index contributed by atoms with van der Waals surface area (Å²) in [7, 11) is 4.06. The molecule has 0 atom stereocenters. The Balaban J connectivity index is 3.03. The Kier molecular flexibility index (Phi) is 3.32. The maximum Gasteiger partial charge on any atom is 0.0434 e. The lowest BCUT2D eigenvalue weighted by Gasteiger charge is -2.16. The van der Waals surface area contributed by atoms with Crippen LogP contribution in [0.15, 0.2) is 49.1 Å². The van der Waals surface area contributed by atoms with Crippen molar-refractivity contribution in [3.05, 3.63) is 54.6 Å². The van der Waals surface area contributed by atoms with E-state index in [2.05, 4.69) is 23.6 Å². The molecule has 1 aromatic carbocycles. The molecule has 0 saturated carbocycles. The third kappa shape index (κ3) is 2.48. The van der Waals surface area contributed by atoms with Crippen molar-refractivity contribution >= 4 is 5.70 Å². The third-order valence-electron chi connectivity index (χ3n) is 1.83. The van der Waals surface area contributed by atoms with Crippen LogP contribution in [0, 0.1) is 0 Å². The summed E-state index contributed by atoms with van der Waals surface area (Å²) in [6.45, 7) is 3.71. The summed E-state index contributed by atoms with van der Waals surface area (Å²) in [6.07, 6.45) is 3.82. The molecule has 0 unspecified atom stereocenters. The molecular formula is C12H15N. The number of benzene rings is 1. The van der Waals surface area contributed by atoms with Gasteiger partial charge in [0.2, 0.25) is 0 Å². The molecular weight excluding hydrogens is 158 g/mol. The number of hydrogen-bond acceptors (Lipinski definition) is 1. The quantitative estimate of drug-likeness (QED) is 0.635. The highest BCUT2D eigenvalue weighted by Gasteiger charge is 2.00. The Morgan fingerprint density at radius 3 is 2.31 bits per heavy atom. The maximum atomic E-state index is 3.71. The Bertz CT molecular complexity index is 296. The van der Waals surface area contributed by atoms with Crippen LogP contribution in [0.4, 0.5) is 0 Å². The van der Waals surface area contributed by atoms with Gasteiger partial charge in [0.1, 0.15) is 0 Å². The van der Waals surface area contributed by atoms with Crippen LogP contribution in [0.2, 0.25) is 0 Å². The summed E-state index contributed by atoms with van der Waals surface area (Å²) in [5, 5.41) is 0. The lowest BCUT2D eigenvalue weighted by atomic mass is 10.1. The van der Waals surface area contributed by atoms with Crippen LogP contribution in [-0.2, 0) is 0 Å². The zero-order valence-electron chi connectivity index (χ0n) is 8.20. The van der Waals surface area contributed by atoms with Crippen molar-refractivity contribution in [2.24, 2.45) is 0 Å². The number of allylic oxidation sites excluding steroid dienone is 2. The molecule has 1 nitrogen and oxygen atoms in total. The summed E-state index contributed by atoms with van der Waals surface area (Å²) in [4.78, 5) is 2.08. The lowest BCUT2D eigenvalue weighted by Crippen LogP contribution is -2.09. The van der Waals surface area contributed by atoms with Gasteiger partial charge in [0.05, 0.1) is 0 Å². The normalized spacial score (nSPS) is 11.1. The Morgan fingerprint density at radius 2 is 1.85 bits per heavy atom. The second kappa shape index (κ2) is 4.51. The molecule has 0 aliphatic carbocycles. The standard InChI is InChI=1S/C12H15N/c1-4-8-12(13(2)3)11-9-6-5-7-10-11/h4-10H,1H2,2-3H3. The SMILES string of the molecule is C=CC=C(c1ccccc1)N(C)C. The molecule has 0 spiro atoms. The van der Waals surface area contributed by atoms with Gasteiger partial charge in [0, 0.05) is 19.8 Å². The van der Waals surface area contributed by atoms with E-state index >= 15 is 0 Å². The van der Waals surface area contributed by atoms with Crippen molar-refractivity contribution in [2.45, 2.75) is 0 Å². The molecule has 0 aromatic heterocycles. The van der Waals surface area contributed by atoms with Gasteiger partial charge in [-0.25, -0.2) is 0 Å². The molecule has 0 bridgehead atoms. The minimum absolute atomic E-state index is 1.18.